The van der Waals surface area contributed by atoms with Gasteiger partial charge in [-0.1, -0.05) is 13.0 Å². The summed E-state index contributed by atoms with van der Waals surface area (Å²) in [5.41, 5.74) is 8.00. The Bertz CT molecular complexity index is 392. The Kier molecular flexibility index (Phi) is 5.47. The monoisotopic (exact) mass is 233 g/mol. The van der Waals surface area contributed by atoms with Crippen molar-refractivity contribution in [1.82, 2.24) is 0 Å². The molecule has 0 saturated carbocycles. The Morgan fingerprint density at radius 1 is 1.41 bits per heavy atom. The number of aliphatic hydroxyl groups excluding tert-OH is 1. The average Bonchev–Trinajstić information content (AvgIpc) is 2.37. The Balaban J connectivity index is 3.05. The third-order valence-corrected chi connectivity index (χ3v) is 2.62. The molecule has 4 nitrogen and oxygen atoms in total. The minimum Gasteiger partial charge on any atom is -0.395 e. The zero-order valence-electron chi connectivity index (χ0n) is 10.2. The first-order valence-electron chi connectivity index (χ1n) is 5.85. The van der Waals surface area contributed by atoms with Crippen molar-refractivity contribution in [3.05, 3.63) is 29.3 Å². The second kappa shape index (κ2) is 6.89. The minimum atomic E-state index is 0.0868. The molecule has 3 N–H and O–H groups in total. The Labute approximate surface area is 102 Å². The molecule has 1 aromatic rings. The molecular formula is C13H19N3O. The van der Waals surface area contributed by atoms with E-state index in [2.05, 4.69) is 13.0 Å². The lowest BCUT2D eigenvalue weighted by Gasteiger charge is -2.24. The van der Waals surface area contributed by atoms with Crippen LogP contribution in [0.15, 0.2) is 18.2 Å². The lowest BCUT2D eigenvalue weighted by molar-refractivity contribution is 0.302. The molecule has 0 atom stereocenters. The van der Waals surface area contributed by atoms with E-state index in [-0.39, 0.29) is 6.61 Å². The average molecular weight is 233 g/mol. The molecule has 17 heavy (non-hydrogen) atoms. The number of hydrogen-bond acceptors (Lipinski definition) is 4. The number of nitriles is 1. The molecular weight excluding hydrogens is 214 g/mol. The molecule has 0 aliphatic carbocycles. The van der Waals surface area contributed by atoms with E-state index in [0.717, 1.165) is 24.2 Å². The van der Waals surface area contributed by atoms with E-state index in [1.165, 1.54) is 0 Å². The van der Waals surface area contributed by atoms with E-state index in [1.807, 2.05) is 23.1 Å². The van der Waals surface area contributed by atoms with Crippen molar-refractivity contribution in [1.29, 1.82) is 5.26 Å². The molecule has 0 spiro atoms. The minimum absolute atomic E-state index is 0.0868. The van der Waals surface area contributed by atoms with E-state index in [9.17, 15) is 0 Å². The maximum Gasteiger partial charge on any atom is 0.101 e. The van der Waals surface area contributed by atoms with Gasteiger partial charge in [0.1, 0.15) is 6.07 Å². The van der Waals surface area contributed by atoms with Gasteiger partial charge in [-0.2, -0.15) is 5.26 Å². The molecule has 0 aliphatic heterocycles. The number of anilines is 1. The van der Waals surface area contributed by atoms with Crippen LogP contribution in [0.4, 0.5) is 5.69 Å². The fraction of sp³-hybridized carbons (Fsp3) is 0.462. The van der Waals surface area contributed by atoms with Crippen molar-refractivity contribution in [2.45, 2.75) is 19.9 Å². The second-order valence-electron chi connectivity index (χ2n) is 3.88. The van der Waals surface area contributed by atoms with Crippen LogP contribution in [-0.4, -0.2) is 24.8 Å². The fourth-order valence-electron chi connectivity index (χ4n) is 1.82. The first-order valence-corrected chi connectivity index (χ1v) is 5.85. The molecule has 1 aromatic carbocycles. The Morgan fingerprint density at radius 2 is 2.18 bits per heavy atom. The van der Waals surface area contributed by atoms with Crippen molar-refractivity contribution in [2.75, 3.05) is 24.6 Å². The van der Waals surface area contributed by atoms with Gasteiger partial charge in [0, 0.05) is 19.6 Å². The highest BCUT2D eigenvalue weighted by Gasteiger charge is 2.10. The standard InChI is InChI=1S/C13H19N3O/c1-2-5-16(6-7-17)13-4-3-11(9-14)8-12(13)10-15/h3-4,8,17H,2,5-7,9,14H2,1H3. The van der Waals surface area contributed by atoms with Crippen LogP contribution in [0.2, 0.25) is 0 Å². The molecule has 92 valence electrons. The number of nitrogens with two attached hydrogens (primary N) is 1. The van der Waals surface area contributed by atoms with Crippen LogP contribution in [0.5, 0.6) is 0 Å². The largest absolute Gasteiger partial charge is 0.395 e. The van der Waals surface area contributed by atoms with Gasteiger partial charge in [0.15, 0.2) is 0 Å². The van der Waals surface area contributed by atoms with Crippen molar-refractivity contribution in [3.8, 4) is 6.07 Å². The number of benzene rings is 1. The van der Waals surface area contributed by atoms with Crippen LogP contribution in [0.1, 0.15) is 24.5 Å². The Morgan fingerprint density at radius 3 is 2.71 bits per heavy atom. The zero-order valence-corrected chi connectivity index (χ0v) is 10.2. The number of nitrogens with zero attached hydrogens (tertiary/aromatic N) is 2. The van der Waals surface area contributed by atoms with Gasteiger partial charge in [-0.25, -0.2) is 0 Å². The van der Waals surface area contributed by atoms with Crippen molar-refractivity contribution in [2.24, 2.45) is 5.73 Å². The SMILES string of the molecule is CCCN(CCO)c1ccc(CN)cc1C#N. The van der Waals surface area contributed by atoms with Crippen molar-refractivity contribution >= 4 is 5.69 Å². The van der Waals surface area contributed by atoms with Crippen molar-refractivity contribution < 1.29 is 5.11 Å². The molecule has 0 fully saturated rings. The smallest absolute Gasteiger partial charge is 0.101 e. The summed E-state index contributed by atoms with van der Waals surface area (Å²) >= 11 is 0. The number of hydrogen-bond donors (Lipinski definition) is 2. The van der Waals surface area contributed by atoms with Gasteiger partial charge in [-0.3, -0.25) is 0 Å². The van der Waals surface area contributed by atoms with Crippen LogP contribution >= 0.6 is 0 Å². The molecule has 1 rings (SSSR count). The lowest BCUT2D eigenvalue weighted by atomic mass is 10.1. The van der Waals surface area contributed by atoms with Crippen LogP contribution in [0.3, 0.4) is 0 Å². The maximum absolute atomic E-state index is 9.14. The van der Waals surface area contributed by atoms with Gasteiger partial charge in [0.25, 0.3) is 0 Å². The second-order valence-corrected chi connectivity index (χ2v) is 3.88. The molecule has 4 heteroatoms. The van der Waals surface area contributed by atoms with Crippen LogP contribution in [-0.2, 0) is 6.54 Å². The highest BCUT2D eigenvalue weighted by molar-refractivity contribution is 5.60. The molecule has 0 bridgehead atoms. The van der Waals surface area contributed by atoms with Gasteiger partial charge in [-0.15, -0.1) is 0 Å². The molecule has 0 radical (unpaired) electrons. The summed E-state index contributed by atoms with van der Waals surface area (Å²) in [4.78, 5) is 2.03. The van der Waals surface area contributed by atoms with Crippen LogP contribution in [0.25, 0.3) is 0 Å². The van der Waals surface area contributed by atoms with E-state index < -0.39 is 0 Å². The topological polar surface area (TPSA) is 73.3 Å². The maximum atomic E-state index is 9.14. The summed E-state index contributed by atoms with van der Waals surface area (Å²) in [6.45, 7) is 3.97. The summed E-state index contributed by atoms with van der Waals surface area (Å²) in [5.74, 6) is 0. The molecule has 0 heterocycles. The highest BCUT2D eigenvalue weighted by Crippen LogP contribution is 2.21. The zero-order chi connectivity index (χ0) is 12.7. The van der Waals surface area contributed by atoms with E-state index >= 15 is 0 Å². The van der Waals surface area contributed by atoms with Gasteiger partial charge in [-0.05, 0) is 24.1 Å². The summed E-state index contributed by atoms with van der Waals surface area (Å²) in [5, 5.41) is 18.2. The summed E-state index contributed by atoms with van der Waals surface area (Å²) in [7, 11) is 0. The molecule has 0 saturated heterocycles. The third-order valence-electron chi connectivity index (χ3n) is 2.62. The first kappa shape index (κ1) is 13.5. The summed E-state index contributed by atoms with van der Waals surface area (Å²) < 4.78 is 0. The van der Waals surface area contributed by atoms with Crippen LogP contribution < -0.4 is 10.6 Å². The summed E-state index contributed by atoms with van der Waals surface area (Å²) in [6.07, 6.45) is 0.976. The predicted molar refractivity (Wildman–Crippen MR) is 68.6 cm³/mol. The van der Waals surface area contributed by atoms with Gasteiger partial charge in [0.2, 0.25) is 0 Å². The Hall–Kier alpha value is -1.57. The lowest BCUT2D eigenvalue weighted by Crippen LogP contribution is -2.28. The molecule has 0 amide bonds. The van der Waals surface area contributed by atoms with E-state index in [4.69, 9.17) is 16.1 Å². The van der Waals surface area contributed by atoms with E-state index in [0.29, 0.717) is 18.7 Å². The van der Waals surface area contributed by atoms with Crippen LogP contribution in [0, 0.1) is 11.3 Å². The van der Waals surface area contributed by atoms with Gasteiger partial charge in [0.05, 0.1) is 17.9 Å². The molecule has 0 aromatic heterocycles. The fourth-order valence-corrected chi connectivity index (χ4v) is 1.82. The third kappa shape index (κ3) is 3.45. The number of aliphatic hydroxyl groups is 1. The molecule has 0 unspecified atom stereocenters. The van der Waals surface area contributed by atoms with E-state index in [1.54, 1.807) is 0 Å². The van der Waals surface area contributed by atoms with Gasteiger partial charge >= 0.3 is 0 Å². The predicted octanol–water partition coefficient (Wildman–Crippen LogP) is 1.23. The van der Waals surface area contributed by atoms with Gasteiger partial charge < -0.3 is 15.7 Å². The first-order chi connectivity index (χ1) is 8.26. The normalized spacial score (nSPS) is 10.0. The summed E-state index contributed by atoms with van der Waals surface area (Å²) in [6, 6.07) is 7.84. The quantitative estimate of drug-likeness (QED) is 0.775. The van der Waals surface area contributed by atoms with Crippen molar-refractivity contribution in [3.63, 3.8) is 0 Å². The number of rotatable bonds is 6. The highest BCUT2D eigenvalue weighted by atomic mass is 16.3. The molecule has 0 aliphatic rings.